The first kappa shape index (κ1) is 14.2. The molecule has 0 aliphatic heterocycles. The first-order chi connectivity index (χ1) is 9.45. The summed E-state index contributed by atoms with van der Waals surface area (Å²) in [7, 11) is 0. The molecule has 0 saturated carbocycles. The van der Waals surface area contributed by atoms with Crippen LogP contribution in [0.5, 0.6) is 0 Å². The van der Waals surface area contributed by atoms with E-state index < -0.39 is 4.92 Å². The van der Waals surface area contributed by atoms with Crippen LogP contribution in [-0.4, -0.2) is 20.6 Å². The van der Waals surface area contributed by atoms with Crippen molar-refractivity contribution in [2.75, 3.05) is 5.32 Å². The molecule has 0 aliphatic rings. The average Bonchev–Trinajstić information content (AvgIpc) is 2.81. The summed E-state index contributed by atoms with van der Waals surface area (Å²) in [6.07, 6.45) is 1.39. The Morgan fingerprint density at radius 3 is 2.85 bits per heavy atom. The Bertz CT molecular complexity index is 668. The molecule has 1 heterocycles. The fourth-order valence-electron chi connectivity index (χ4n) is 1.64. The predicted molar refractivity (Wildman–Crippen MR) is 76.4 cm³/mol. The van der Waals surface area contributed by atoms with E-state index in [0.717, 1.165) is 10.0 Å². The van der Waals surface area contributed by atoms with Gasteiger partial charge in [-0.1, -0.05) is 15.9 Å². The van der Waals surface area contributed by atoms with Gasteiger partial charge in [-0.15, -0.1) is 0 Å². The molecular weight excluding hydrogens is 328 g/mol. The minimum atomic E-state index is -0.604. The highest BCUT2D eigenvalue weighted by atomic mass is 79.9. The van der Waals surface area contributed by atoms with Gasteiger partial charge in [-0.3, -0.25) is 4.79 Å². The van der Waals surface area contributed by atoms with E-state index in [-0.39, 0.29) is 18.3 Å². The van der Waals surface area contributed by atoms with E-state index in [2.05, 4.69) is 26.3 Å². The van der Waals surface area contributed by atoms with Gasteiger partial charge >= 0.3 is 5.82 Å². The molecule has 0 atom stereocenters. The molecule has 104 valence electrons. The lowest BCUT2D eigenvalue weighted by molar-refractivity contribution is -0.389. The predicted octanol–water partition coefficient (Wildman–Crippen LogP) is 2.50. The van der Waals surface area contributed by atoms with Gasteiger partial charge in [-0.2, -0.15) is 4.68 Å². The second-order valence-electron chi connectivity index (χ2n) is 4.14. The highest BCUT2D eigenvalue weighted by Gasteiger charge is 2.13. The summed E-state index contributed by atoms with van der Waals surface area (Å²) in [4.78, 5) is 21.7. The summed E-state index contributed by atoms with van der Waals surface area (Å²) in [6, 6.07) is 6.73. The lowest BCUT2D eigenvalue weighted by Crippen LogP contribution is -2.19. The second kappa shape index (κ2) is 5.83. The van der Waals surface area contributed by atoms with E-state index in [9.17, 15) is 14.9 Å². The van der Waals surface area contributed by atoms with Gasteiger partial charge in [0.2, 0.25) is 5.91 Å². The van der Waals surface area contributed by atoms with Crippen molar-refractivity contribution < 1.29 is 9.72 Å². The lowest BCUT2D eigenvalue weighted by atomic mass is 10.2. The molecule has 8 heteroatoms. The number of hydrogen-bond donors (Lipinski definition) is 1. The number of nitrogens with one attached hydrogen (secondary N) is 1. The molecule has 2 rings (SSSR count). The van der Waals surface area contributed by atoms with Crippen molar-refractivity contribution in [3.63, 3.8) is 0 Å². The number of hydrogen-bond acceptors (Lipinski definition) is 4. The Morgan fingerprint density at radius 1 is 1.50 bits per heavy atom. The molecule has 1 aromatic heterocycles. The molecule has 0 radical (unpaired) electrons. The Morgan fingerprint density at radius 2 is 2.25 bits per heavy atom. The third kappa shape index (κ3) is 3.41. The number of nitrogens with zero attached hydrogens (tertiary/aromatic N) is 3. The van der Waals surface area contributed by atoms with Gasteiger partial charge in [0.25, 0.3) is 0 Å². The van der Waals surface area contributed by atoms with E-state index in [0.29, 0.717) is 5.69 Å². The smallest absolute Gasteiger partial charge is 0.358 e. The molecule has 0 unspecified atom stereocenters. The molecule has 0 spiro atoms. The number of aromatic nitrogens is 2. The van der Waals surface area contributed by atoms with E-state index in [4.69, 9.17) is 0 Å². The summed E-state index contributed by atoms with van der Waals surface area (Å²) in [6.45, 7) is 1.79. The quantitative estimate of drug-likeness (QED) is 0.684. The molecule has 1 aromatic carbocycles. The molecular formula is C12H11BrN4O3. The number of aryl methyl sites for hydroxylation is 1. The molecule has 0 bridgehead atoms. The lowest BCUT2D eigenvalue weighted by Gasteiger charge is -2.07. The average molecular weight is 339 g/mol. The van der Waals surface area contributed by atoms with Crippen LogP contribution in [0.1, 0.15) is 5.56 Å². The summed E-state index contributed by atoms with van der Waals surface area (Å²) < 4.78 is 2.15. The third-order valence-electron chi connectivity index (χ3n) is 2.58. The van der Waals surface area contributed by atoms with Crippen molar-refractivity contribution in [1.82, 2.24) is 9.78 Å². The van der Waals surface area contributed by atoms with Crippen LogP contribution in [-0.2, 0) is 11.3 Å². The Labute approximate surface area is 122 Å². The van der Waals surface area contributed by atoms with Gasteiger partial charge in [0, 0.05) is 10.2 Å². The molecule has 2 aromatic rings. The van der Waals surface area contributed by atoms with Crippen molar-refractivity contribution in [3.8, 4) is 0 Å². The molecule has 1 amide bonds. The fraction of sp³-hybridized carbons (Fsp3) is 0.167. The molecule has 0 aliphatic carbocycles. The number of anilines is 1. The van der Waals surface area contributed by atoms with Crippen LogP contribution in [0.2, 0.25) is 0 Å². The maximum absolute atomic E-state index is 11.8. The number of amides is 1. The normalized spacial score (nSPS) is 10.3. The Kier molecular flexibility index (Phi) is 4.14. The van der Waals surface area contributed by atoms with Crippen LogP contribution in [0.25, 0.3) is 0 Å². The summed E-state index contributed by atoms with van der Waals surface area (Å²) >= 11 is 3.34. The summed E-state index contributed by atoms with van der Waals surface area (Å²) in [5.41, 5.74) is 1.61. The highest BCUT2D eigenvalue weighted by Crippen LogP contribution is 2.20. The number of halogens is 1. The largest absolute Gasteiger partial charge is 0.389 e. The maximum Gasteiger partial charge on any atom is 0.389 e. The number of rotatable bonds is 4. The summed E-state index contributed by atoms with van der Waals surface area (Å²) in [5, 5.41) is 16.9. The molecule has 20 heavy (non-hydrogen) atoms. The van der Waals surface area contributed by atoms with Crippen LogP contribution in [0, 0.1) is 17.0 Å². The van der Waals surface area contributed by atoms with Gasteiger partial charge in [0.15, 0.2) is 0 Å². The van der Waals surface area contributed by atoms with Crippen LogP contribution in [0.4, 0.5) is 11.5 Å². The van der Waals surface area contributed by atoms with Gasteiger partial charge in [-0.05, 0) is 35.6 Å². The molecule has 1 N–H and O–H groups in total. The molecule has 7 nitrogen and oxygen atoms in total. The molecule has 0 fully saturated rings. The van der Waals surface area contributed by atoms with Crippen LogP contribution < -0.4 is 5.32 Å². The standard InChI is InChI=1S/C12H11BrN4O3/c1-8-6-9(13)2-3-10(8)14-12(18)7-16-5-4-11(15-16)17(19)20/h2-6H,7H2,1H3,(H,14,18). The number of benzene rings is 1. The van der Waals surface area contributed by atoms with Crippen molar-refractivity contribution in [2.24, 2.45) is 0 Å². The van der Waals surface area contributed by atoms with Crippen LogP contribution in [0.3, 0.4) is 0 Å². The SMILES string of the molecule is Cc1cc(Br)ccc1NC(=O)Cn1ccc([N+](=O)[O-])n1. The molecule has 0 saturated heterocycles. The first-order valence-corrected chi connectivity index (χ1v) is 6.49. The van der Waals surface area contributed by atoms with Gasteiger partial charge in [-0.25, -0.2) is 0 Å². The first-order valence-electron chi connectivity index (χ1n) is 5.69. The second-order valence-corrected chi connectivity index (χ2v) is 5.05. The van der Waals surface area contributed by atoms with E-state index in [1.807, 2.05) is 19.1 Å². The Balaban J connectivity index is 2.03. The highest BCUT2D eigenvalue weighted by molar-refractivity contribution is 9.10. The minimum Gasteiger partial charge on any atom is -0.358 e. The zero-order valence-electron chi connectivity index (χ0n) is 10.5. The third-order valence-corrected chi connectivity index (χ3v) is 3.08. The van der Waals surface area contributed by atoms with E-state index in [1.165, 1.54) is 16.9 Å². The van der Waals surface area contributed by atoms with Gasteiger partial charge < -0.3 is 15.4 Å². The maximum atomic E-state index is 11.8. The summed E-state index contributed by atoms with van der Waals surface area (Å²) in [5.74, 6) is -0.578. The number of carbonyl (C=O) groups excluding carboxylic acids is 1. The zero-order chi connectivity index (χ0) is 14.7. The topological polar surface area (TPSA) is 90.1 Å². The van der Waals surface area contributed by atoms with Gasteiger partial charge in [0.05, 0.1) is 17.4 Å². The number of nitro groups is 1. The van der Waals surface area contributed by atoms with Crippen LogP contribution in [0.15, 0.2) is 34.9 Å². The zero-order valence-corrected chi connectivity index (χ0v) is 12.1. The van der Waals surface area contributed by atoms with Crippen molar-refractivity contribution in [2.45, 2.75) is 13.5 Å². The monoisotopic (exact) mass is 338 g/mol. The van der Waals surface area contributed by atoms with Crippen molar-refractivity contribution in [3.05, 3.63) is 50.6 Å². The number of carbonyl (C=O) groups is 1. The van der Waals surface area contributed by atoms with Crippen LogP contribution >= 0.6 is 15.9 Å². The van der Waals surface area contributed by atoms with E-state index >= 15 is 0 Å². The Hall–Kier alpha value is -2.22. The van der Waals surface area contributed by atoms with Crippen molar-refractivity contribution >= 4 is 33.3 Å². The minimum absolute atomic E-state index is 0.0800. The van der Waals surface area contributed by atoms with E-state index in [1.54, 1.807) is 6.07 Å². The fourth-order valence-corrected chi connectivity index (χ4v) is 2.12. The van der Waals surface area contributed by atoms with Crippen molar-refractivity contribution in [1.29, 1.82) is 0 Å². The van der Waals surface area contributed by atoms with Gasteiger partial charge in [0.1, 0.15) is 6.54 Å².